The first kappa shape index (κ1) is 26.6. The second-order valence-corrected chi connectivity index (χ2v) is 8.94. The van der Waals surface area contributed by atoms with Gasteiger partial charge >= 0.3 is 12.1 Å². The molecule has 10 heteroatoms. The van der Waals surface area contributed by atoms with Crippen LogP contribution in [-0.2, 0) is 12.8 Å². The Hall–Kier alpha value is -4.99. The summed E-state index contributed by atoms with van der Waals surface area (Å²) in [6.07, 6.45) is -4.31. The first-order chi connectivity index (χ1) is 19.1. The number of hydrogen-bond acceptors (Lipinski definition) is 4. The molecular formula is C30H21F4N3O3. The summed E-state index contributed by atoms with van der Waals surface area (Å²) < 4.78 is 61.0. The van der Waals surface area contributed by atoms with Crippen molar-refractivity contribution in [3.8, 4) is 34.0 Å². The summed E-state index contributed by atoms with van der Waals surface area (Å²) in [4.78, 5) is 15.7. The molecule has 2 aromatic heterocycles. The van der Waals surface area contributed by atoms with Crippen molar-refractivity contribution in [1.82, 2.24) is 14.8 Å². The minimum Gasteiger partial charge on any atom is -0.488 e. The van der Waals surface area contributed by atoms with Crippen LogP contribution in [0, 0.1) is 12.7 Å². The van der Waals surface area contributed by atoms with Crippen LogP contribution in [0.5, 0.6) is 5.75 Å². The van der Waals surface area contributed by atoms with Crippen molar-refractivity contribution in [2.24, 2.45) is 0 Å². The molecule has 0 amide bonds. The number of carbonyl (C=O) groups is 1. The standard InChI is InChI=1S/C30H21F4N3O3/c1-18-15-20(19-11-13-22(31)14-12-19)9-10-21(18)17-40-26-7-3-2-5-23(26)25-6-4-8-27(36-25)37-28(30(32,33)34)24(16-35-37)29(38)39/h2-16H,17H2,1H3,(H,38,39). The van der Waals surface area contributed by atoms with Gasteiger partial charge in [0.2, 0.25) is 0 Å². The predicted molar refractivity (Wildman–Crippen MR) is 140 cm³/mol. The molecule has 3 aromatic carbocycles. The van der Waals surface area contributed by atoms with Gasteiger partial charge in [-0.1, -0.05) is 48.5 Å². The van der Waals surface area contributed by atoms with E-state index < -0.39 is 23.4 Å². The number of aromatic nitrogens is 3. The second-order valence-electron chi connectivity index (χ2n) is 8.94. The Morgan fingerprint density at radius 1 is 0.950 bits per heavy atom. The van der Waals surface area contributed by atoms with E-state index in [1.54, 1.807) is 42.5 Å². The monoisotopic (exact) mass is 547 g/mol. The minimum atomic E-state index is -4.97. The number of pyridine rings is 1. The number of aromatic carboxylic acids is 1. The number of nitrogens with zero attached hydrogens (tertiary/aromatic N) is 3. The Labute approximate surface area is 226 Å². The van der Waals surface area contributed by atoms with Gasteiger partial charge in [0.05, 0.1) is 11.9 Å². The van der Waals surface area contributed by atoms with Crippen LogP contribution < -0.4 is 4.74 Å². The van der Waals surface area contributed by atoms with E-state index in [-0.39, 0.29) is 18.2 Å². The highest BCUT2D eigenvalue weighted by molar-refractivity contribution is 5.89. The SMILES string of the molecule is Cc1cc(-c2ccc(F)cc2)ccc1COc1ccccc1-c1cccc(-n2ncc(C(=O)O)c2C(F)(F)F)n1. The van der Waals surface area contributed by atoms with Gasteiger partial charge in [-0.25, -0.2) is 18.9 Å². The molecule has 0 spiro atoms. The molecule has 6 nitrogen and oxygen atoms in total. The zero-order valence-corrected chi connectivity index (χ0v) is 21.0. The molecule has 0 aliphatic heterocycles. The fourth-order valence-electron chi connectivity index (χ4n) is 4.28. The van der Waals surface area contributed by atoms with Crippen LogP contribution in [0.2, 0.25) is 0 Å². The molecule has 5 aromatic rings. The van der Waals surface area contributed by atoms with Gasteiger partial charge in [0.25, 0.3) is 0 Å². The van der Waals surface area contributed by atoms with Gasteiger partial charge in [0.15, 0.2) is 11.5 Å². The Bertz CT molecular complexity index is 1700. The van der Waals surface area contributed by atoms with Crippen molar-refractivity contribution in [3.63, 3.8) is 0 Å². The maximum Gasteiger partial charge on any atom is 0.434 e. The van der Waals surface area contributed by atoms with Crippen LogP contribution in [0.25, 0.3) is 28.2 Å². The van der Waals surface area contributed by atoms with Crippen molar-refractivity contribution in [3.05, 3.63) is 119 Å². The highest BCUT2D eigenvalue weighted by atomic mass is 19.4. The van der Waals surface area contributed by atoms with E-state index in [9.17, 15) is 27.5 Å². The van der Waals surface area contributed by atoms with E-state index in [0.29, 0.717) is 27.9 Å². The van der Waals surface area contributed by atoms with Gasteiger partial charge in [-0.2, -0.15) is 18.3 Å². The number of carboxylic acids is 1. The Morgan fingerprint density at radius 3 is 2.38 bits per heavy atom. The zero-order valence-electron chi connectivity index (χ0n) is 21.0. The lowest BCUT2D eigenvalue weighted by atomic mass is 10.00. The van der Waals surface area contributed by atoms with E-state index in [0.717, 1.165) is 22.3 Å². The molecule has 0 aliphatic rings. The lowest BCUT2D eigenvalue weighted by Crippen LogP contribution is -2.18. The summed E-state index contributed by atoms with van der Waals surface area (Å²) in [6.45, 7) is 2.15. The maximum absolute atomic E-state index is 13.7. The number of hydrogen-bond donors (Lipinski definition) is 1. The van der Waals surface area contributed by atoms with E-state index in [2.05, 4.69) is 10.1 Å². The van der Waals surface area contributed by atoms with Gasteiger partial charge < -0.3 is 9.84 Å². The normalized spacial score (nSPS) is 11.4. The number of carboxylic acid groups (broad SMARTS) is 1. The van der Waals surface area contributed by atoms with Gasteiger partial charge in [-0.15, -0.1) is 0 Å². The van der Waals surface area contributed by atoms with Crippen LogP contribution in [0.15, 0.2) is 91.1 Å². The smallest absolute Gasteiger partial charge is 0.434 e. The largest absolute Gasteiger partial charge is 0.488 e. The van der Waals surface area contributed by atoms with Crippen LogP contribution >= 0.6 is 0 Å². The number of ether oxygens (including phenoxy) is 1. The van der Waals surface area contributed by atoms with Gasteiger partial charge in [-0.05, 0) is 65.6 Å². The molecule has 5 rings (SSSR count). The van der Waals surface area contributed by atoms with E-state index in [1.165, 1.54) is 24.3 Å². The predicted octanol–water partition coefficient (Wildman–Crippen LogP) is 7.34. The van der Waals surface area contributed by atoms with Crippen molar-refractivity contribution in [2.45, 2.75) is 19.7 Å². The van der Waals surface area contributed by atoms with Crippen molar-refractivity contribution < 1.29 is 32.2 Å². The number of para-hydroxylation sites is 1. The van der Waals surface area contributed by atoms with E-state index in [1.807, 2.05) is 25.1 Å². The van der Waals surface area contributed by atoms with E-state index in [4.69, 9.17) is 4.74 Å². The summed E-state index contributed by atoms with van der Waals surface area (Å²) in [5.74, 6) is -1.79. The average Bonchev–Trinajstić information content (AvgIpc) is 3.40. The molecule has 40 heavy (non-hydrogen) atoms. The van der Waals surface area contributed by atoms with E-state index >= 15 is 0 Å². The molecule has 2 heterocycles. The molecule has 0 fully saturated rings. The second kappa shape index (κ2) is 10.6. The van der Waals surface area contributed by atoms with Crippen LogP contribution in [0.4, 0.5) is 17.6 Å². The topological polar surface area (TPSA) is 77.2 Å². The number of aryl methyl sites for hydroxylation is 1. The number of halogens is 4. The zero-order chi connectivity index (χ0) is 28.4. The highest BCUT2D eigenvalue weighted by Gasteiger charge is 2.41. The number of benzene rings is 3. The molecule has 0 aliphatic carbocycles. The van der Waals surface area contributed by atoms with Gasteiger partial charge in [0, 0.05) is 5.56 Å². The molecular weight excluding hydrogens is 526 g/mol. The summed E-state index contributed by atoms with van der Waals surface area (Å²) in [5, 5.41) is 12.9. The Morgan fingerprint density at radius 2 is 1.68 bits per heavy atom. The molecule has 202 valence electrons. The third-order valence-corrected chi connectivity index (χ3v) is 6.29. The highest BCUT2D eigenvalue weighted by Crippen LogP contribution is 2.35. The molecule has 1 N–H and O–H groups in total. The average molecular weight is 548 g/mol. The Balaban J connectivity index is 1.42. The summed E-state index contributed by atoms with van der Waals surface area (Å²) in [6, 6.07) is 23.5. The summed E-state index contributed by atoms with van der Waals surface area (Å²) >= 11 is 0. The maximum atomic E-state index is 13.7. The van der Waals surface area contributed by atoms with Gasteiger partial charge in [0.1, 0.15) is 23.7 Å². The Kier molecular flexibility index (Phi) is 7.08. The van der Waals surface area contributed by atoms with Crippen LogP contribution in [0.1, 0.15) is 27.2 Å². The first-order valence-electron chi connectivity index (χ1n) is 12.1. The quantitative estimate of drug-likeness (QED) is 0.216. The third kappa shape index (κ3) is 5.42. The molecule has 0 saturated heterocycles. The lowest BCUT2D eigenvalue weighted by Gasteiger charge is -2.15. The molecule has 0 saturated carbocycles. The van der Waals surface area contributed by atoms with Crippen molar-refractivity contribution in [2.75, 3.05) is 0 Å². The fraction of sp³-hybridized carbons (Fsp3) is 0.100. The number of alkyl halides is 3. The fourth-order valence-corrected chi connectivity index (χ4v) is 4.28. The summed E-state index contributed by atoms with van der Waals surface area (Å²) in [5.41, 5.74) is 2.15. The summed E-state index contributed by atoms with van der Waals surface area (Å²) in [7, 11) is 0. The molecule has 0 atom stereocenters. The van der Waals surface area contributed by atoms with Crippen molar-refractivity contribution >= 4 is 5.97 Å². The van der Waals surface area contributed by atoms with Gasteiger partial charge in [-0.3, -0.25) is 0 Å². The molecule has 0 bridgehead atoms. The molecule has 0 radical (unpaired) electrons. The number of rotatable bonds is 7. The lowest BCUT2D eigenvalue weighted by molar-refractivity contribution is -0.143. The minimum absolute atomic E-state index is 0.195. The van der Waals surface area contributed by atoms with Crippen molar-refractivity contribution in [1.29, 1.82) is 0 Å². The van der Waals surface area contributed by atoms with Crippen LogP contribution in [0.3, 0.4) is 0 Å². The molecule has 0 unspecified atom stereocenters. The first-order valence-corrected chi connectivity index (χ1v) is 12.1. The third-order valence-electron chi connectivity index (χ3n) is 6.29. The van der Waals surface area contributed by atoms with Crippen LogP contribution in [-0.4, -0.2) is 25.8 Å².